The first-order valence-electron chi connectivity index (χ1n) is 9.14. The molecule has 1 aromatic rings. The van der Waals surface area contributed by atoms with Crippen LogP contribution in [0, 0.1) is 5.92 Å². The number of guanidine groups is 1. The fourth-order valence-electron chi connectivity index (χ4n) is 3.08. The van der Waals surface area contributed by atoms with Gasteiger partial charge in [0.1, 0.15) is 0 Å². The van der Waals surface area contributed by atoms with Crippen LogP contribution in [0.4, 0.5) is 0 Å². The van der Waals surface area contributed by atoms with E-state index >= 15 is 0 Å². The minimum absolute atomic E-state index is 0. The molecule has 3 N–H and O–H groups in total. The van der Waals surface area contributed by atoms with Crippen molar-refractivity contribution in [2.75, 3.05) is 46.8 Å². The highest BCUT2D eigenvalue weighted by molar-refractivity contribution is 14.0. The van der Waals surface area contributed by atoms with Crippen molar-refractivity contribution in [2.45, 2.75) is 19.8 Å². The quantitative estimate of drug-likeness (QED) is 0.321. The Morgan fingerprint density at radius 3 is 2.81 bits per heavy atom. The van der Waals surface area contributed by atoms with Crippen LogP contribution in [0.3, 0.4) is 0 Å². The van der Waals surface area contributed by atoms with Crippen LogP contribution in [-0.4, -0.2) is 63.6 Å². The zero-order valence-corrected chi connectivity index (χ0v) is 18.4. The molecule has 6 nitrogen and oxygen atoms in total. The molecule has 1 atom stereocenters. The van der Waals surface area contributed by atoms with Crippen LogP contribution in [0.5, 0.6) is 0 Å². The fraction of sp³-hybridized carbons (Fsp3) is 0.579. The third-order valence-electron chi connectivity index (χ3n) is 4.46. The average molecular weight is 473 g/mol. The fourth-order valence-corrected chi connectivity index (χ4v) is 3.08. The summed E-state index contributed by atoms with van der Waals surface area (Å²) in [6.07, 6.45) is 2.08. The highest BCUT2D eigenvalue weighted by Gasteiger charge is 2.18. The van der Waals surface area contributed by atoms with E-state index in [1.54, 1.807) is 7.05 Å². The van der Waals surface area contributed by atoms with Crippen molar-refractivity contribution in [3.8, 4) is 0 Å². The second-order valence-electron chi connectivity index (χ2n) is 6.59. The molecule has 1 aromatic carbocycles. The summed E-state index contributed by atoms with van der Waals surface area (Å²) in [7, 11) is 3.82. The highest BCUT2D eigenvalue weighted by Crippen LogP contribution is 2.14. The van der Waals surface area contributed by atoms with Gasteiger partial charge < -0.3 is 20.9 Å². The number of aliphatic imine (C=N–C) groups is 1. The summed E-state index contributed by atoms with van der Waals surface area (Å²) in [6, 6.07) is 7.75. The van der Waals surface area contributed by atoms with Crippen LogP contribution in [-0.2, 0) is 6.42 Å². The van der Waals surface area contributed by atoms with Crippen molar-refractivity contribution in [1.29, 1.82) is 0 Å². The number of carbonyl (C=O) groups is 1. The third kappa shape index (κ3) is 7.49. The third-order valence-corrected chi connectivity index (χ3v) is 4.46. The first kappa shape index (κ1) is 22.7. The Morgan fingerprint density at radius 1 is 1.35 bits per heavy atom. The molecule has 1 saturated heterocycles. The van der Waals surface area contributed by atoms with Gasteiger partial charge in [-0.15, -0.1) is 24.0 Å². The van der Waals surface area contributed by atoms with Gasteiger partial charge in [0.15, 0.2) is 5.96 Å². The summed E-state index contributed by atoms with van der Waals surface area (Å²) in [5.41, 5.74) is 1.84. The molecule has 0 radical (unpaired) electrons. The number of nitrogens with one attached hydrogen (secondary N) is 3. The van der Waals surface area contributed by atoms with E-state index in [1.807, 2.05) is 24.3 Å². The number of halogens is 1. The minimum Gasteiger partial charge on any atom is -0.357 e. The largest absolute Gasteiger partial charge is 0.357 e. The Kier molecular flexibility index (Phi) is 10.6. The molecule has 1 fully saturated rings. The van der Waals surface area contributed by atoms with Crippen molar-refractivity contribution in [3.63, 3.8) is 0 Å². The summed E-state index contributed by atoms with van der Waals surface area (Å²) in [4.78, 5) is 18.8. The maximum Gasteiger partial charge on any atom is 0.251 e. The molecule has 1 heterocycles. The summed E-state index contributed by atoms with van der Waals surface area (Å²) >= 11 is 0. The molecule has 7 heteroatoms. The average Bonchev–Trinajstić information content (AvgIpc) is 3.04. The minimum atomic E-state index is -0.0498. The van der Waals surface area contributed by atoms with E-state index in [0.29, 0.717) is 11.5 Å². The van der Waals surface area contributed by atoms with Gasteiger partial charge in [-0.2, -0.15) is 0 Å². The van der Waals surface area contributed by atoms with Gasteiger partial charge in [-0.1, -0.05) is 12.1 Å². The molecule has 0 bridgehead atoms. The van der Waals surface area contributed by atoms with Crippen LogP contribution in [0.1, 0.15) is 29.3 Å². The molecule has 1 amide bonds. The predicted molar refractivity (Wildman–Crippen MR) is 119 cm³/mol. The van der Waals surface area contributed by atoms with E-state index in [-0.39, 0.29) is 29.9 Å². The lowest BCUT2D eigenvalue weighted by Crippen LogP contribution is -2.38. The zero-order chi connectivity index (χ0) is 18.1. The molecule has 146 valence electrons. The maximum atomic E-state index is 11.7. The number of carbonyl (C=O) groups excluding carboxylic acids is 1. The molecular formula is C19H32IN5O. The van der Waals surface area contributed by atoms with Gasteiger partial charge in [-0.25, -0.2) is 0 Å². The summed E-state index contributed by atoms with van der Waals surface area (Å²) in [5.74, 6) is 1.48. The molecule has 26 heavy (non-hydrogen) atoms. The smallest absolute Gasteiger partial charge is 0.251 e. The first-order valence-corrected chi connectivity index (χ1v) is 9.14. The Labute approximate surface area is 174 Å². The van der Waals surface area contributed by atoms with Gasteiger partial charge in [0.2, 0.25) is 0 Å². The maximum absolute atomic E-state index is 11.7. The number of hydrogen-bond acceptors (Lipinski definition) is 3. The lowest BCUT2D eigenvalue weighted by atomic mass is 10.1. The van der Waals surface area contributed by atoms with Crippen LogP contribution in [0.2, 0.25) is 0 Å². The number of likely N-dealkylation sites (tertiary alicyclic amines) is 1. The number of hydrogen-bond donors (Lipinski definition) is 3. The second-order valence-corrected chi connectivity index (χ2v) is 6.59. The Balaban J connectivity index is 0.00000338. The van der Waals surface area contributed by atoms with Gasteiger partial charge in [0.25, 0.3) is 5.91 Å². The summed E-state index contributed by atoms with van der Waals surface area (Å²) < 4.78 is 0. The van der Waals surface area contributed by atoms with E-state index < -0.39 is 0 Å². The van der Waals surface area contributed by atoms with Gasteiger partial charge in [0.05, 0.1) is 0 Å². The number of amides is 1. The predicted octanol–water partition coefficient (Wildman–Crippen LogP) is 1.71. The van der Waals surface area contributed by atoms with Crippen molar-refractivity contribution < 1.29 is 4.79 Å². The molecular weight excluding hydrogens is 441 g/mol. The molecule has 0 aromatic heterocycles. The van der Waals surface area contributed by atoms with Crippen molar-refractivity contribution >= 4 is 35.8 Å². The van der Waals surface area contributed by atoms with Gasteiger partial charge in [-0.3, -0.25) is 9.79 Å². The molecule has 0 aliphatic carbocycles. The highest BCUT2D eigenvalue weighted by atomic mass is 127. The van der Waals surface area contributed by atoms with Crippen molar-refractivity contribution in [2.24, 2.45) is 10.9 Å². The normalized spacial score (nSPS) is 17.5. The summed E-state index contributed by atoms with van der Waals surface area (Å²) in [5, 5.41) is 9.35. The zero-order valence-electron chi connectivity index (χ0n) is 16.0. The Hall–Kier alpha value is -1.35. The van der Waals surface area contributed by atoms with E-state index in [1.165, 1.54) is 13.0 Å². The molecule has 0 saturated carbocycles. The summed E-state index contributed by atoms with van der Waals surface area (Å²) in [6.45, 7) is 6.89. The Bertz CT molecular complexity index is 593. The second kappa shape index (κ2) is 12.1. The van der Waals surface area contributed by atoms with E-state index in [2.05, 4.69) is 34.8 Å². The topological polar surface area (TPSA) is 68.8 Å². The van der Waals surface area contributed by atoms with E-state index in [9.17, 15) is 4.79 Å². The van der Waals surface area contributed by atoms with Crippen LogP contribution in [0.25, 0.3) is 0 Å². The lowest BCUT2D eigenvalue weighted by Gasteiger charge is -2.13. The number of nitrogens with zero attached hydrogens (tertiary/aromatic N) is 2. The van der Waals surface area contributed by atoms with Crippen molar-refractivity contribution in [1.82, 2.24) is 20.9 Å². The van der Waals surface area contributed by atoms with Crippen LogP contribution in [0.15, 0.2) is 29.3 Å². The SMILES string of the molecule is CCNC(=NCC1CCN(C)C1)NCCc1cccc(C(=O)NC)c1.I. The Morgan fingerprint density at radius 2 is 2.15 bits per heavy atom. The number of benzene rings is 1. The van der Waals surface area contributed by atoms with Crippen molar-refractivity contribution in [3.05, 3.63) is 35.4 Å². The lowest BCUT2D eigenvalue weighted by molar-refractivity contribution is 0.0963. The van der Waals surface area contributed by atoms with Crippen LogP contribution >= 0.6 is 24.0 Å². The van der Waals surface area contributed by atoms with E-state index in [4.69, 9.17) is 4.99 Å². The van der Waals surface area contributed by atoms with E-state index in [0.717, 1.165) is 44.1 Å². The molecule has 1 aliphatic rings. The van der Waals surface area contributed by atoms with Gasteiger partial charge in [-0.05, 0) is 57.0 Å². The molecule has 1 aliphatic heterocycles. The molecule has 2 rings (SSSR count). The standard InChI is InChI=1S/C19H31N5O.HI/c1-4-21-19(23-13-16-9-11-24(3)14-16)22-10-8-15-6-5-7-17(12-15)18(25)20-2;/h5-7,12,16H,4,8-11,13-14H2,1-3H3,(H,20,25)(H2,21,22,23);1H. The van der Waals surface area contributed by atoms with Gasteiger partial charge in [0, 0.05) is 38.8 Å². The first-order chi connectivity index (χ1) is 12.1. The van der Waals surface area contributed by atoms with Gasteiger partial charge >= 0.3 is 0 Å². The number of rotatable bonds is 7. The molecule has 0 spiro atoms. The monoisotopic (exact) mass is 473 g/mol. The molecule has 1 unspecified atom stereocenters. The van der Waals surface area contributed by atoms with Crippen LogP contribution < -0.4 is 16.0 Å².